The first-order valence-electron chi connectivity index (χ1n) is 5.69. The molecule has 0 fully saturated rings. The molecule has 0 aliphatic heterocycles. The summed E-state index contributed by atoms with van der Waals surface area (Å²) in [4.78, 5) is 0. The summed E-state index contributed by atoms with van der Waals surface area (Å²) in [5.74, 6) is 1.68. The van der Waals surface area contributed by atoms with Crippen LogP contribution in [0.25, 0.3) is 0 Å². The van der Waals surface area contributed by atoms with E-state index in [-0.39, 0.29) is 0 Å². The van der Waals surface area contributed by atoms with E-state index in [4.69, 9.17) is 4.74 Å². The van der Waals surface area contributed by atoms with Gasteiger partial charge in [0.25, 0.3) is 0 Å². The predicted molar refractivity (Wildman–Crippen MR) is 72.6 cm³/mol. The van der Waals surface area contributed by atoms with Crippen molar-refractivity contribution in [3.05, 3.63) is 54.4 Å². The van der Waals surface area contributed by atoms with E-state index in [1.165, 1.54) is 0 Å². The monoisotopic (exact) mass is 230 g/mol. The molecule has 2 heteroatoms. The van der Waals surface area contributed by atoms with E-state index in [9.17, 15) is 0 Å². The summed E-state index contributed by atoms with van der Waals surface area (Å²) in [7, 11) is 1.96. The van der Waals surface area contributed by atoms with E-state index >= 15 is 0 Å². The second kappa shape index (κ2) is 6.04. The minimum Gasteiger partial charge on any atom is -0.405 e. The molecule has 17 heavy (non-hydrogen) atoms. The molecule has 1 rings (SSSR count). The molecule has 1 aromatic carbocycles. The zero-order chi connectivity index (χ0) is 12.8. The van der Waals surface area contributed by atoms with Gasteiger partial charge in [-0.3, -0.25) is 0 Å². The van der Waals surface area contributed by atoms with Gasteiger partial charge in [0.05, 0.1) is 0 Å². The standard InChI is InChI=1S/C15H20NO/c1-6-13(4)16(5)15(7-2)17-14-11-9-8-10-12(14)3/h6-11H,1H2,2-5H3/q+1/b15-7+,16-13-. The maximum Gasteiger partial charge on any atom is 0.368 e. The van der Waals surface area contributed by atoms with Crippen LogP contribution in [-0.2, 0) is 0 Å². The highest BCUT2D eigenvalue weighted by Crippen LogP contribution is 2.19. The van der Waals surface area contributed by atoms with Crippen molar-refractivity contribution in [2.75, 3.05) is 7.05 Å². The van der Waals surface area contributed by atoms with E-state index in [1.807, 2.05) is 68.8 Å². The van der Waals surface area contributed by atoms with Crippen molar-refractivity contribution < 1.29 is 9.31 Å². The van der Waals surface area contributed by atoms with E-state index in [2.05, 4.69) is 6.58 Å². The van der Waals surface area contributed by atoms with Gasteiger partial charge in [-0.2, -0.15) is 4.58 Å². The molecule has 0 heterocycles. The molecule has 0 radical (unpaired) electrons. The van der Waals surface area contributed by atoms with E-state index in [1.54, 1.807) is 0 Å². The Morgan fingerprint density at radius 1 is 1.35 bits per heavy atom. The van der Waals surface area contributed by atoms with Crippen molar-refractivity contribution in [1.29, 1.82) is 0 Å². The first-order chi connectivity index (χ1) is 8.10. The number of allylic oxidation sites excluding steroid dienone is 2. The van der Waals surface area contributed by atoms with Gasteiger partial charge in [-0.15, -0.1) is 0 Å². The summed E-state index contributed by atoms with van der Waals surface area (Å²) >= 11 is 0. The molecule has 0 amide bonds. The molecule has 0 aliphatic rings. The number of rotatable bonds is 4. The minimum absolute atomic E-state index is 0.803. The van der Waals surface area contributed by atoms with Crippen molar-refractivity contribution in [2.45, 2.75) is 20.8 Å². The fourth-order valence-corrected chi connectivity index (χ4v) is 1.42. The van der Waals surface area contributed by atoms with E-state index in [0.717, 1.165) is 22.9 Å². The maximum atomic E-state index is 5.90. The van der Waals surface area contributed by atoms with Crippen LogP contribution in [-0.4, -0.2) is 17.3 Å². The van der Waals surface area contributed by atoms with E-state index in [0.29, 0.717) is 0 Å². The van der Waals surface area contributed by atoms with Crippen LogP contribution < -0.4 is 4.74 Å². The molecule has 0 unspecified atom stereocenters. The number of para-hydroxylation sites is 1. The number of nitrogens with zero attached hydrogens (tertiary/aromatic N) is 1. The van der Waals surface area contributed by atoms with Gasteiger partial charge in [0.1, 0.15) is 12.8 Å². The van der Waals surface area contributed by atoms with Gasteiger partial charge in [0.15, 0.2) is 5.71 Å². The first kappa shape index (κ1) is 13.2. The molecule has 0 spiro atoms. The van der Waals surface area contributed by atoms with Crippen molar-refractivity contribution in [3.63, 3.8) is 0 Å². The molecule has 0 saturated carbocycles. The van der Waals surface area contributed by atoms with Crippen LogP contribution in [0, 0.1) is 6.92 Å². The van der Waals surface area contributed by atoms with Crippen LogP contribution in [0.4, 0.5) is 0 Å². The highest BCUT2D eigenvalue weighted by Gasteiger charge is 2.13. The van der Waals surface area contributed by atoms with Crippen molar-refractivity contribution in [2.24, 2.45) is 0 Å². The first-order valence-corrected chi connectivity index (χ1v) is 5.69. The second-order valence-corrected chi connectivity index (χ2v) is 3.90. The number of ether oxygens (including phenoxy) is 1. The Balaban J connectivity index is 3.01. The molecule has 0 bridgehead atoms. The predicted octanol–water partition coefficient (Wildman–Crippen LogP) is 3.52. The average molecular weight is 230 g/mol. The van der Waals surface area contributed by atoms with Gasteiger partial charge >= 0.3 is 5.88 Å². The zero-order valence-corrected chi connectivity index (χ0v) is 11.0. The summed E-state index contributed by atoms with van der Waals surface area (Å²) < 4.78 is 7.87. The quantitative estimate of drug-likeness (QED) is 0.438. The summed E-state index contributed by atoms with van der Waals surface area (Å²) in [6.45, 7) is 9.75. The van der Waals surface area contributed by atoms with Crippen LogP contribution in [0.15, 0.2) is 48.9 Å². The Morgan fingerprint density at radius 2 is 2.00 bits per heavy atom. The lowest BCUT2D eigenvalue weighted by atomic mass is 10.2. The van der Waals surface area contributed by atoms with Crippen molar-refractivity contribution in [3.8, 4) is 5.75 Å². The normalized spacial score (nSPS) is 13.1. The SMILES string of the molecule is C=C/C(C)=[N+](C)\C(=C/C)Oc1ccccc1C. The van der Waals surface area contributed by atoms with Crippen LogP contribution in [0.2, 0.25) is 0 Å². The van der Waals surface area contributed by atoms with Gasteiger partial charge in [0, 0.05) is 13.0 Å². The topological polar surface area (TPSA) is 12.2 Å². The molecule has 90 valence electrons. The molecular weight excluding hydrogens is 210 g/mol. The summed E-state index contributed by atoms with van der Waals surface area (Å²) in [5, 5.41) is 0. The maximum absolute atomic E-state index is 5.90. The third-order valence-corrected chi connectivity index (χ3v) is 2.71. The summed E-state index contributed by atoms with van der Waals surface area (Å²) in [6, 6.07) is 7.98. The lowest BCUT2D eigenvalue weighted by Gasteiger charge is -2.08. The van der Waals surface area contributed by atoms with Gasteiger partial charge < -0.3 is 4.74 Å². The van der Waals surface area contributed by atoms with E-state index < -0.39 is 0 Å². The number of hydrogen-bond donors (Lipinski definition) is 0. The number of aryl methyl sites for hydroxylation is 1. The summed E-state index contributed by atoms with van der Waals surface area (Å²) in [5.41, 5.74) is 2.17. The van der Waals surface area contributed by atoms with Gasteiger partial charge in [-0.1, -0.05) is 24.8 Å². The highest BCUT2D eigenvalue weighted by molar-refractivity contribution is 5.88. The Morgan fingerprint density at radius 3 is 2.53 bits per heavy atom. The fraction of sp³-hybridized carbons (Fsp3) is 0.267. The highest BCUT2D eigenvalue weighted by atomic mass is 16.5. The van der Waals surface area contributed by atoms with Crippen LogP contribution in [0.3, 0.4) is 0 Å². The molecule has 0 aromatic heterocycles. The Bertz CT molecular complexity index is 470. The third kappa shape index (κ3) is 3.31. The lowest BCUT2D eigenvalue weighted by Crippen LogP contribution is -2.16. The largest absolute Gasteiger partial charge is 0.405 e. The van der Waals surface area contributed by atoms with Crippen molar-refractivity contribution >= 4 is 5.71 Å². The lowest BCUT2D eigenvalue weighted by molar-refractivity contribution is -0.471. The Kier molecular flexibility index (Phi) is 4.70. The molecule has 0 atom stereocenters. The molecule has 1 aromatic rings. The molecule has 0 aliphatic carbocycles. The molecule has 2 nitrogen and oxygen atoms in total. The third-order valence-electron chi connectivity index (χ3n) is 2.71. The molecule has 0 saturated heterocycles. The van der Waals surface area contributed by atoms with Crippen LogP contribution >= 0.6 is 0 Å². The van der Waals surface area contributed by atoms with Gasteiger partial charge in [-0.05, 0) is 31.6 Å². The number of benzene rings is 1. The molecular formula is C15H20NO+. The van der Waals surface area contributed by atoms with Crippen molar-refractivity contribution in [1.82, 2.24) is 0 Å². The summed E-state index contributed by atoms with van der Waals surface area (Å²) in [6.07, 6.45) is 3.75. The zero-order valence-electron chi connectivity index (χ0n) is 11.0. The average Bonchev–Trinajstić information content (AvgIpc) is 2.36. The van der Waals surface area contributed by atoms with Crippen LogP contribution in [0.5, 0.6) is 5.75 Å². The van der Waals surface area contributed by atoms with Crippen LogP contribution in [0.1, 0.15) is 19.4 Å². The Labute approximate surface area is 104 Å². The number of hydrogen-bond acceptors (Lipinski definition) is 1. The molecule has 0 N–H and O–H groups in total. The second-order valence-electron chi connectivity index (χ2n) is 3.90. The fourth-order valence-electron chi connectivity index (χ4n) is 1.42. The van der Waals surface area contributed by atoms with Gasteiger partial charge in [0.2, 0.25) is 0 Å². The minimum atomic E-state index is 0.803. The van der Waals surface area contributed by atoms with Gasteiger partial charge in [-0.25, -0.2) is 0 Å². The smallest absolute Gasteiger partial charge is 0.368 e. The Hall–Kier alpha value is -1.83.